The van der Waals surface area contributed by atoms with Gasteiger partial charge in [-0.1, -0.05) is 0 Å². The Hall–Kier alpha value is 1.34. The van der Waals surface area contributed by atoms with E-state index in [0.717, 1.165) is 22.6 Å². The van der Waals surface area contributed by atoms with Crippen molar-refractivity contribution >= 4 is 28.8 Å². The van der Waals surface area contributed by atoms with Crippen molar-refractivity contribution in [3.05, 3.63) is 0 Å². The molecule has 0 saturated heterocycles. The van der Waals surface area contributed by atoms with Crippen molar-refractivity contribution in [2.75, 3.05) is 0 Å². The molecule has 0 aliphatic heterocycles. The fraction of sp³-hybridized carbons (Fsp3) is 1.00. The van der Waals surface area contributed by atoms with Gasteiger partial charge in [-0.15, -0.1) is 0 Å². The van der Waals surface area contributed by atoms with Gasteiger partial charge in [0.15, 0.2) is 0 Å². The minimum atomic E-state index is -1.12. The van der Waals surface area contributed by atoms with Crippen LogP contribution in [0.4, 0.5) is 0 Å². The first kappa shape index (κ1) is 17.3. The summed E-state index contributed by atoms with van der Waals surface area (Å²) in [5.74, 6) is 0. The number of nitrogens with one attached hydrogen (secondary N) is 1. The number of hydrogen-bond donors (Lipinski definition) is 1. The van der Waals surface area contributed by atoms with Crippen LogP contribution in [0.15, 0.2) is 0 Å². The van der Waals surface area contributed by atoms with Crippen molar-refractivity contribution < 1.29 is 0 Å². The number of rotatable bonds is 6. The van der Waals surface area contributed by atoms with Crippen molar-refractivity contribution in [3.8, 4) is 0 Å². The van der Waals surface area contributed by atoms with Crippen molar-refractivity contribution in [3.63, 3.8) is 0 Å². The fourth-order valence-corrected chi connectivity index (χ4v) is 11.1. The molecule has 0 aromatic rings. The Labute approximate surface area is 112 Å². The maximum absolute atomic E-state index is 4.05. The third kappa shape index (κ3) is 4.55. The molecule has 0 saturated carbocycles. The van der Waals surface area contributed by atoms with Gasteiger partial charge in [-0.05, 0) is 0 Å². The molecule has 0 aromatic carbocycles. The molecule has 4 heteroatoms. The summed E-state index contributed by atoms with van der Waals surface area (Å²) in [6.07, 6.45) is 0. The van der Waals surface area contributed by atoms with E-state index in [1.807, 2.05) is 0 Å². The van der Waals surface area contributed by atoms with E-state index in [-0.39, 0.29) is 8.07 Å². The topological polar surface area (TPSA) is 12.0 Å². The Morgan fingerprint density at radius 3 is 1.31 bits per heavy atom. The van der Waals surface area contributed by atoms with Gasteiger partial charge >= 0.3 is 112 Å². The Morgan fingerprint density at radius 2 is 1.12 bits per heavy atom. The van der Waals surface area contributed by atoms with Crippen LogP contribution in [-0.4, -0.2) is 37.7 Å². The van der Waals surface area contributed by atoms with E-state index in [1.54, 1.807) is 0 Å². The Morgan fingerprint density at radius 1 is 0.812 bits per heavy atom. The molecular formula is C12H29NP2Se. The summed E-state index contributed by atoms with van der Waals surface area (Å²) in [4.78, 5) is 4.05. The molecule has 0 spiro atoms. The predicted octanol–water partition coefficient (Wildman–Crippen LogP) is 4.62. The second kappa shape index (κ2) is 7.06. The standard InChI is InChI=1S/C12H29NP2Se/c1-9(2)14(10(3)4)13-15(16,11(5)6)12(7)8/h9-12H,1-8H3,(H,13,16). The zero-order chi connectivity index (χ0) is 13.1. The first-order chi connectivity index (χ1) is 7.12. The molecule has 98 valence electrons. The Bertz CT molecular complexity index is 229. The summed E-state index contributed by atoms with van der Waals surface area (Å²) >= 11 is 3.55. The first-order valence-corrected chi connectivity index (χ1v) is 11.9. The number of hydrogen-bond acceptors (Lipinski definition) is 1. The molecule has 0 radical (unpaired) electrons. The third-order valence-corrected chi connectivity index (χ3v) is 17.2. The van der Waals surface area contributed by atoms with Crippen molar-refractivity contribution in [2.45, 2.75) is 78.0 Å². The van der Waals surface area contributed by atoms with Crippen molar-refractivity contribution in [1.82, 2.24) is 4.86 Å². The quantitative estimate of drug-likeness (QED) is 0.554. The molecule has 1 nitrogen and oxygen atoms in total. The van der Waals surface area contributed by atoms with E-state index < -0.39 is 5.66 Å². The van der Waals surface area contributed by atoms with Crippen LogP contribution in [-0.2, 0) is 0 Å². The van der Waals surface area contributed by atoms with E-state index >= 15 is 0 Å². The molecule has 0 unspecified atom stereocenters. The third-order valence-electron chi connectivity index (χ3n) is 2.92. The van der Waals surface area contributed by atoms with E-state index in [2.05, 4.69) is 75.3 Å². The second-order valence-electron chi connectivity index (χ2n) is 5.59. The molecule has 0 heterocycles. The van der Waals surface area contributed by atoms with Crippen LogP contribution in [0.3, 0.4) is 0 Å². The SMILES string of the molecule is CC(C)P(NP(=[Se])(C(C)C)C(C)C)C(C)C. The molecule has 0 aromatic heterocycles. The van der Waals surface area contributed by atoms with Gasteiger partial charge in [0.05, 0.1) is 0 Å². The first-order valence-electron chi connectivity index (χ1n) is 6.28. The normalized spacial score (nSPS) is 13.8. The van der Waals surface area contributed by atoms with Gasteiger partial charge in [0, 0.05) is 0 Å². The van der Waals surface area contributed by atoms with Crippen LogP contribution in [0, 0.1) is 0 Å². The van der Waals surface area contributed by atoms with Gasteiger partial charge in [-0.2, -0.15) is 0 Å². The van der Waals surface area contributed by atoms with Gasteiger partial charge in [-0.3, -0.25) is 0 Å². The molecule has 0 atom stereocenters. The molecule has 0 rings (SSSR count). The van der Waals surface area contributed by atoms with E-state index in [0.29, 0.717) is 0 Å². The van der Waals surface area contributed by atoms with Crippen molar-refractivity contribution in [1.29, 1.82) is 0 Å². The van der Waals surface area contributed by atoms with Crippen molar-refractivity contribution in [2.24, 2.45) is 0 Å². The maximum atomic E-state index is 4.05. The van der Waals surface area contributed by atoms with Gasteiger partial charge < -0.3 is 0 Å². The summed E-state index contributed by atoms with van der Waals surface area (Å²) in [6, 6.07) is 0. The fourth-order valence-electron chi connectivity index (χ4n) is 1.83. The van der Waals surface area contributed by atoms with Crippen LogP contribution >= 0.6 is 13.7 Å². The van der Waals surface area contributed by atoms with Crippen LogP contribution in [0.1, 0.15) is 55.4 Å². The minimum absolute atomic E-state index is 0.0634. The summed E-state index contributed by atoms with van der Waals surface area (Å²) in [7, 11) is -0.0634. The van der Waals surface area contributed by atoms with E-state index in [9.17, 15) is 0 Å². The molecule has 0 aliphatic rings. The molecule has 0 fully saturated rings. The summed E-state index contributed by atoms with van der Waals surface area (Å²) in [5.41, 5.74) is 1.87. The Balaban J connectivity index is 4.94. The predicted molar refractivity (Wildman–Crippen MR) is 83.3 cm³/mol. The summed E-state index contributed by atoms with van der Waals surface area (Å²) < 4.78 is 0. The van der Waals surface area contributed by atoms with Gasteiger partial charge in [0.25, 0.3) is 0 Å². The average Bonchev–Trinajstić information content (AvgIpc) is 2.11. The molecule has 0 aliphatic carbocycles. The van der Waals surface area contributed by atoms with E-state index in [1.165, 1.54) is 0 Å². The van der Waals surface area contributed by atoms with Gasteiger partial charge in [0.2, 0.25) is 0 Å². The monoisotopic (exact) mass is 329 g/mol. The van der Waals surface area contributed by atoms with Gasteiger partial charge in [-0.25, -0.2) is 0 Å². The van der Waals surface area contributed by atoms with Crippen LogP contribution in [0.2, 0.25) is 0 Å². The van der Waals surface area contributed by atoms with Crippen LogP contribution in [0.25, 0.3) is 0 Å². The van der Waals surface area contributed by atoms with Crippen LogP contribution < -0.4 is 4.86 Å². The molecule has 1 N–H and O–H groups in total. The summed E-state index contributed by atoms with van der Waals surface area (Å²) in [5, 5.41) is 0. The summed E-state index contributed by atoms with van der Waals surface area (Å²) in [6.45, 7) is 18.8. The zero-order valence-electron chi connectivity index (χ0n) is 12.1. The van der Waals surface area contributed by atoms with E-state index in [4.69, 9.17) is 0 Å². The van der Waals surface area contributed by atoms with Gasteiger partial charge in [0.1, 0.15) is 0 Å². The molecular weight excluding hydrogens is 299 g/mol. The molecule has 0 bridgehead atoms. The van der Waals surface area contributed by atoms with Crippen LogP contribution in [0.5, 0.6) is 0 Å². The molecule has 16 heavy (non-hydrogen) atoms. The zero-order valence-corrected chi connectivity index (χ0v) is 15.6. The average molecular weight is 328 g/mol. The molecule has 0 amide bonds. The Kier molecular flexibility index (Phi) is 7.65. The second-order valence-corrected chi connectivity index (χ2v) is 16.6.